The minimum absolute atomic E-state index is 0.417. The van der Waals surface area contributed by atoms with Crippen LogP contribution in [0.5, 0.6) is 0 Å². The smallest absolute Gasteiger partial charge is 0.145 e. The molecule has 0 saturated carbocycles. The predicted octanol–water partition coefficient (Wildman–Crippen LogP) is 11.0. The Labute approximate surface area is 235 Å². The second kappa shape index (κ2) is 13.7. The summed E-state index contributed by atoms with van der Waals surface area (Å²) in [7, 11) is 0. The molecule has 0 aliphatic carbocycles. The van der Waals surface area contributed by atoms with Crippen LogP contribution in [0.15, 0.2) is 48.8 Å². The molecule has 210 valence electrons. The van der Waals surface area contributed by atoms with E-state index in [1.165, 1.54) is 11.1 Å². The van der Waals surface area contributed by atoms with E-state index in [4.69, 9.17) is 9.97 Å². The number of pyridine rings is 2. The molecule has 5 rings (SSSR count). The van der Waals surface area contributed by atoms with Gasteiger partial charge in [-0.3, -0.25) is 9.38 Å². The van der Waals surface area contributed by atoms with E-state index < -0.39 is 5.67 Å². The Hall–Kier alpha value is -3.27. The fraction of sp³-hybridized carbons (Fsp3) is 0.429. The second-order valence-corrected chi connectivity index (χ2v) is 9.27. The monoisotopic (exact) mass is 529 g/mol. The topological polar surface area (TPSA) is 30.2 Å². The van der Waals surface area contributed by atoms with Crippen molar-refractivity contribution in [1.82, 2.24) is 14.4 Å². The Balaban J connectivity index is 0.000000833. The van der Waals surface area contributed by atoms with Gasteiger partial charge in [-0.05, 0) is 63.8 Å². The molecule has 0 aliphatic heterocycles. The van der Waals surface area contributed by atoms with Crippen LogP contribution in [-0.2, 0) is 5.67 Å². The summed E-state index contributed by atoms with van der Waals surface area (Å²) >= 11 is 0. The van der Waals surface area contributed by atoms with Gasteiger partial charge in [-0.15, -0.1) is 0 Å². The first-order chi connectivity index (χ1) is 18.8. The molecule has 0 radical (unpaired) electrons. The van der Waals surface area contributed by atoms with Crippen molar-refractivity contribution in [1.29, 1.82) is 0 Å². The molecule has 4 heteroatoms. The molecular formula is C35H48FN3. The lowest BCUT2D eigenvalue weighted by molar-refractivity contribution is 0.154. The summed E-state index contributed by atoms with van der Waals surface area (Å²) in [5.74, 6) is 0. The van der Waals surface area contributed by atoms with E-state index >= 15 is 4.39 Å². The third-order valence-corrected chi connectivity index (χ3v) is 7.14. The number of imidazole rings is 1. The predicted molar refractivity (Wildman–Crippen MR) is 170 cm³/mol. The molecule has 5 aromatic rings. The zero-order chi connectivity index (χ0) is 29.5. The van der Waals surface area contributed by atoms with Gasteiger partial charge in [0.25, 0.3) is 0 Å². The highest BCUT2D eigenvalue weighted by atomic mass is 19.1. The van der Waals surface area contributed by atoms with Gasteiger partial charge in [0.05, 0.1) is 5.52 Å². The van der Waals surface area contributed by atoms with Crippen molar-refractivity contribution in [3.63, 3.8) is 0 Å². The number of aryl methyl sites for hydroxylation is 4. The van der Waals surface area contributed by atoms with E-state index in [9.17, 15) is 0 Å². The average Bonchev–Trinajstić information content (AvgIpc) is 3.45. The third kappa shape index (κ3) is 5.71. The lowest BCUT2D eigenvalue weighted by Gasteiger charge is -2.26. The van der Waals surface area contributed by atoms with E-state index in [1.54, 1.807) is 0 Å². The van der Waals surface area contributed by atoms with Crippen molar-refractivity contribution in [2.24, 2.45) is 0 Å². The Morgan fingerprint density at radius 2 is 1.41 bits per heavy atom. The van der Waals surface area contributed by atoms with Crippen LogP contribution in [0.3, 0.4) is 0 Å². The maximum absolute atomic E-state index is 16.3. The highest BCUT2D eigenvalue weighted by Crippen LogP contribution is 2.45. The van der Waals surface area contributed by atoms with Gasteiger partial charge in [-0.1, -0.05) is 85.2 Å². The summed E-state index contributed by atoms with van der Waals surface area (Å²) in [6, 6.07) is 12.7. The molecule has 0 atom stereocenters. The number of rotatable bonds is 4. The summed E-state index contributed by atoms with van der Waals surface area (Å²) in [6.07, 6.45) is 4.65. The summed E-state index contributed by atoms with van der Waals surface area (Å²) in [6.45, 7) is 24.2. The highest BCUT2D eigenvalue weighted by molar-refractivity contribution is 6.19. The van der Waals surface area contributed by atoms with E-state index in [0.29, 0.717) is 12.8 Å². The molecule has 0 unspecified atom stereocenters. The summed E-state index contributed by atoms with van der Waals surface area (Å²) < 4.78 is 18.5. The molecule has 0 bridgehead atoms. The number of aromatic nitrogens is 3. The molecule has 0 saturated heterocycles. The number of hydrogen-bond donors (Lipinski definition) is 0. The van der Waals surface area contributed by atoms with Gasteiger partial charge in [0.15, 0.2) is 0 Å². The summed E-state index contributed by atoms with van der Waals surface area (Å²) in [5.41, 5.74) is 7.72. The first-order valence-corrected chi connectivity index (χ1v) is 14.8. The van der Waals surface area contributed by atoms with Crippen molar-refractivity contribution in [3.8, 4) is 11.1 Å². The van der Waals surface area contributed by atoms with Crippen molar-refractivity contribution in [2.75, 3.05) is 0 Å². The number of nitrogens with zero attached hydrogens (tertiary/aromatic N) is 3. The molecule has 3 aromatic heterocycles. The molecule has 0 aliphatic rings. The average molecular weight is 530 g/mol. The molecule has 3 heterocycles. The summed E-state index contributed by atoms with van der Waals surface area (Å²) in [4.78, 5) is 9.49. The molecular weight excluding hydrogens is 481 g/mol. The highest BCUT2D eigenvalue weighted by Gasteiger charge is 2.32. The Morgan fingerprint density at radius 3 is 2.00 bits per heavy atom. The van der Waals surface area contributed by atoms with Gasteiger partial charge in [-0.2, -0.15) is 0 Å². The number of alkyl halides is 1. The normalized spacial score (nSPS) is 10.9. The molecule has 0 spiro atoms. The van der Waals surface area contributed by atoms with Gasteiger partial charge < -0.3 is 0 Å². The van der Waals surface area contributed by atoms with Crippen molar-refractivity contribution < 1.29 is 4.39 Å². The standard InChI is InChI=1S/C29H30FN3.3C2H6/c1-7-29(30,8-2)24-12-11-22(21-10-9-19(5)32-20(21)6)25-23-16-17(3)15-18(4)27(23)33-14-13-31-28(33)26(24)25;3*1-2/h9-16H,7-8H2,1-6H3;3*1-2H3. The molecule has 2 aromatic carbocycles. The van der Waals surface area contributed by atoms with Crippen LogP contribution in [0.2, 0.25) is 0 Å². The van der Waals surface area contributed by atoms with Gasteiger partial charge in [0, 0.05) is 51.1 Å². The van der Waals surface area contributed by atoms with Crippen molar-refractivity contribution in [3.05, 3.63) is 76.9 Å². The van der Waals surface area contributed by atoms with Crippen LogP contribution in [0.4, 0.5) is 4.39 Å². The lowest BCUT2D eigenvalue weighted by atomic mass is 9.83. The fourth-order valence-electron chi connectivity index (χ4n) is 5.45. The van der Waals surface area contributed by atoms with Crippen LogP contribution < -0.4 is 0 Å². The number of halogens is 1. The van der Waals surface area contributed by atoms with Crippen LogP contribution in [0.1, 0.15) is 96.3 Å². The van der Waals surface area contributed by atoms with Gasteiger partial charge in [0.2, 0.25) is 0 Å². The van der Waals surface area contributed by atoms with Crippen LogP contribution in [-0.4, -0.2) is 14.4 Å². The zero-order valence-electron chi connectivity index (χ0n) is 26.3. The maximum Gasteiger partial charge on any atom is 0.145 e. The Kier molecular flexibility index (Phi) is 11.2. The molecule has 0 N–H and O–H groups in total. The van der Waals surface area contributed by atoms with E-state index in [1.807, 2.05) is 93.8 Å². The second-order valence-electron chi connectivity index (χ2n) is 9.27. The summed E-state index contributed by atoms with van der Waals surface area (Å²) in [5, 5.41) is 3.09. The van der Waals surface area contributed by atoms with E-state index in [-0.39, 0.29) is 0 Å². The minimum Gasteiger partial charge on any atom is -0.299 e. The van der Waals surface area contributed by atoms with Gasteiger partial charge in [0.1, 0.15) is 11.3 Å². The fourth-order valence-corrected chi connectivity index (χ4v) is 5.45. The quantitative estimate of drug-likeness (QED) is 0.217. The first-order valence-electron chi connectivity index (χ1n) is 14.8. The van der Waals surface area contributed by atoms with Crippen LogP contribution in [0.25, 0.3) is 38.4 Å². The van der Waals surface area contributed by atoms with Crippen molar-refractivity contribution in [2.45, 2.75) is 102 Å². The van der Waals surface area contributed by atoms with Crippen LogP contribution >= 0.6 is 0 Å². The SMILES string of the molecule is CC.CC.CC.CCC(F)(CC)c1ccc(-c2ccc(C)nc2C)c2c3cc(C)cc(C)c3n3ccnc3c12. The largest absolute Gasteiger partial charge is 0.299 e. The van der Waals surface area contributed by atoms with Gasteiger partial charge >= 0.3 is 0 Å². The Morgan fingerprint density at radius 1 is 0.795 bits per heavy atom. The first kappa shape index (κ1) is 31.9. The molecule has 3 nitrogen and oxygen atoms in total. The molecule has 39 heavy (non-hydrogen) atoms. The molecule has 0 fully saturated rings. The third-order valence-electron chi connectivity index (χ3n) is 7.14. The lowest BCUT2D eigenvalue weighted by Crippen LogP contribution is -2.18. The number of benzene rings is 2. The number of fused-ring (bicyclic) bond motifs is 6. The van der Waals surface area contributed by atoms with Crippen molar-refractivity contribution >= 4 is 27.3 Å². The van der Waals surface area contributed by atoms with E-state index in [2.05, 4.69) is 42.5 Å². The van der Waals surface area contributed by atoms with Crippen LogP contribution in [0, 0.1) is 27.7 Å². The minimum atomic E-state index is -1.42. The van der Waals surface area contributed by atoms with E-state index in [0.717, 1.165) is 55.4 Å². The zero-order valence-corrected chi connectivity index (χ0v) is 26.3. The number of hydrogen-bond acceptors (Lipinski definition) is 2. The maximum atomic E-state index is 16.3. The Bertz CT molecular complexity index is 1540. The molecule has 0 amide bonds. The van der Waals surface area contributed by atoms with Gasteiger partial charge in [-0.25, -0.2) is 9.37 Å².